The molecular formula is C21H25F3N4O2. The SMILES string of the molecule is C[C@@H](CNC(=O)C1CCN(C(=O)c2ccc(C(F)(F)F)cc2)CC1)Cn1cccn1. The Balaban J connectivity index is 1.44. The summed E-state index contributed by atoms with van der Waals surface area (Å²) in [6, 6.07) is 6.08. The van der Waals surface area contributed by atoms with Crippen molar-refractivity contribution in [2.75, 3.05) is 19.6 Å². The number of likely N-dealkylation sites (tertiary alicyclic amines) is 1. The van der Waals surface area contributed by atoms with Crippen LogP contribution in [0.25, 0.3) is 0 Å². The number of carbonyl (C=O) groups is 2. The van der Waals surface area contributed by atoms with Gasteiger partial charge in [-0.05, 0) is 49.1 Å². The van der Waals surface area contributed by atoms with E-state index < -0.39 is 11.7 Å². The van der Waals surface area contributed by atoms with Crippen LogP contribution in [0, 0.1) is 11.8 Å². The molecule has 1 aromatic heterocycles. The highest BCUT2D eigenvalue weighted by Crippen LogP contribution is 2.29. The zero-order valence-corrected chi connectivity index (χ0v) is 16.7. The molecule has 0 radical (unpaired) electrons. The zero-order chi connectivity index (χ0) is 21.7. The van der Waals surface area contributed by atoms with Crippen LogP contribution in [-0.2, 0) is 17.5 Å². The number of nitrogens with zero attached hydrogens (tertiary/aromatic N) is 3. The van der Waals surface area contributed by atoms with Crippen molar-refractivity contribution in [1.29, 1.82) is 0 Å². The number of benzene rings is 1. The molecule has 1 aliphatic heterocycles. The third-order valence-electron chi connectivity index (χ3n) is 5.29. The topological polar surface area (TPSA) is 67.2 Å². The molecule has 1 saturated heterocycles. The van der Waals surface area contributed by atoms with E-state index in [-0.39, 0.29) is 29.2 Å². The van der Waals surface area contributed by atoms with Crippen LogP contribution in [0.5, 0.6) is 0 Å². The van der Waals surface area contributed by atoms with Gasteiger partial charge in [0.15, 0.2) is 0 Å². The van der Waals surface area contributed by atoms with Crippen molar-refractivity contribution in [3.63, 3.8) is 0 Å². The lowest BCUT2D eigenvalue weighted by Gasteiger charge is -2.31. The second-order valence-electron chi connectivity index (χ2n) is 7.72. The first-order chi connectivity index (χ1) is 14.2. The second kappa shape index (κ2) is 9.32. The van der Waals surface area contributed by atoms with Gasteiger partial charge in [0.25, 0.3) is 5.91 Å². The molecule has 3 rings (SSSR count). The summed E-state index contributed by atoms with van der Waals surface area (Å²) < 4.78 is 39.8. The maximum Gasteiger partial charge on any atom is 0.416 e. The van der Waals surface area contributed by atoms with Crippen molar-refractivity contribution in [1.82, 2.24) is 20.0 Å². The van der Waals surface area contributed by atoms with Gasteiger partial charge in [0.2, 0.25) is 5.91 Å². The number of amides is 2. The minimum atomic E-state index is -4.43. The molecule has 0 bridgehead atoms. The molecule has 1 fully saturated rings. The summed E-state index contributed by atoms with van der Waals surface area (Å²) in [5, 5.41) is 7.12. The van der Waals surface area contributed by atoms with Crippen LogP contribution in [0.3, 0.4) is 0 Å². The highest BCUT2D eigenvalue weighted by molar-refractivity contribution is 5.94. The van der Waals surface area contributed by atoms with Crippen LogP contribution in [0.15, 0.2) is 42.7 Å². The fourth-order valence-electron chi connectivity index (χ4n) is 3.54. The summed E-state index contributed by atoms with van der Waals surface area (Å²) >= 11 is 0. The number of aromatic nitrogens is 2. The van der Waals surface area contributed by atoms with Crippen molar-refractivity contribution in [3.05, 3.63) is 53.9 Å². The van der Waals surface area contributed by atoms with Crippen molar-refractivity contribution in [2.45, 2.75) is 32.5 Å². The lowest BCUT2D eigenvalue weighted by molar-refractivity contribution is -0.137. The standard InChI is InChI=1S/C21H25F3N4O2/c1-15(14-28-10-2-9-26-28)13-25-19(29)16-7-11-27(12-8-16)20(30)17-3-5-18(6-4-17)21(22,23)24/h2-6,9-10,15-16H,7-8,11-14H2,1H3,(H,25,29)/t15-/m0/s1. The maximum absolute atomic E-state index is 12.7. The fourth-order valence-corrected chi connectivity index (χ4v) is 3.54. The summed E-state index contributed by atoms with van der Waals surface area (Å²) in [6.45, 7) is 4.10. The number of halogens is 3. The van der Waals surface area contributed by atoms with Crippen molar-refractivity contribution < 1.29 is 22.8 Å². The second-order valence-corrected chi connectivity index (χ2v) is 7.72. The zero-order valence-electron chi connectivity index (χ0n) is 16.7. The van der Waals surface area contributed by atoms with Crippen LogP contribution in [0.4, 0.5) is 13.2 Å². The summed E-state index contributed by atoms with van der Waals surface area (Å²) in [5.74, 6) is -0.270. The largest absolute Gasteiger partial charge is 0.416 e. The van der Waals surface area contributed by atoms with E-state index in [9.17, 15) is 22.8 Å². The van der Waals surface area contributed by atoms with Gasteiger partial charge in [-0.2, -0.15) is 18.3 Å². The van der Waals surface area contributed by atoms with Crippen molar-refractivity contribution in [2.24, 2.45) is 11.8 Å². The lowest BCUT2D eigenvalue weighted by atomic mass is 9.95. The molecule has 0 spiro atoms. The number of piperidine rings is 1. The lowest BCUT2D eigenvalue weighted by Crippen LogP contribution is -2.43. The Morgan fingerprint density at radius 3 is 2.43 bits per heavy atom. The van der Waals surface area contributed by atoms with E-state index in [1.165, 1.54) is 12.1 Å². The van der Waals surface area contributed by atoms with Crippen LogP contribution in [-0.4, -0.2) is 46.1 Å². The average molecular weight is 422 g/mol. The van der Waals surface area contributed by atoms with Crippen LogP contribution < -0.4 is 5.32 Å². The third kappa shape index (κ3) is 5.61. The van der Waals surface area contributed by atoms with E-state index in [1.54, 1.807) is 11.1 Å². The number of hydrogen-bond donors (Lipinski definition) is 1. The first kappa shape index (κ1) is 21.9. The van der Waals surface area contributed by atoms with Gasteiger partial charge in [0.05, 0.1) is 5.56 Å². The van der Waals surface area contributed by atoms with E-state index in [0.717, 1.165) is 12.1 Å². The quantitative estimate of drug-likeness (QED) is 0.778. The Morgan fingerprint density at radius 2 is 1.87 bits per heavy atom. The minimum absolute atomic E-state index is 0.0241. The molecule has 1 aromatic carbocycles. The molecule has 2 heterocycles. The van der Waals surface area contributed by atoms with Crippen LogP contribution in [0.2, 0.25) is 0 Å². The third-order valence-corrected chi connectivity index (χ3v) is 5.29. The minimum Gasteiger partial charge on any atom is -0.356 e. The van der Waals surface area contributed by atoms with Crippen LogP contribution >= 0.6 is 0 Å². The van der Waals surface area contributed by atoms with Crippen LogP contribution in [0.1, 0.15) is 35.7 Å². The first-order valence-electron chi connectivity index (χ1n) is 9.95. The highest BCUT2D eigenvalue weighted by Gasteiger charge is 2.31. The van der Waals surface area contributed by atoms with Gasteiger partial charge in [-0.1, -0.05) is 6.92 Å². The number of alkyl halides is 3. The number of carbonyl (C=O) groups excluding carboxylic acids is 2. The van der Waals surface area contributed by atoms with E-state index in [4.69, 9.17) is 0 Å². The average Bonchev–Trinajstić information content (AvgIpc) is 3.24. The summed E-state index contributed by atoms with van der Waals surface area (Å²) in [6.07, 6.45) is 0.230. The Kier molecular flexibility index (Phi) is 6.79. The van der Waals surface area contributed by atoms with E-state index in [0.29, 0.717) is 39.0 Å². The maximum atomic E-state index is 12.7. The van der Waals surface area contributed by atoms with Crippen molar-refractivity contribution >= 4 is 11.8 Å². The molecular weight excluding hydrogens is 397 g/mol. The summed E-state index contributed by atoms with van der Waals surface area (Å²) in [4.78, 5) is 26.6. The molecule has 162 valence electrons. The van der Waals surface area contributed by atoms with Gasteiger partial charge in [0, 0.05) is 50.1 Å². The van der Waals surface area contributed by atoms with Crippen molar-refractivity contribution in [3.8, 4) is 0 Å². The molecule has 6 nitrogen and oxygen atoms in total. The highest BCUT2D eigenvalue weighted by atomic mass is 19.4. The Hall–Kier alpha value is -2.84. The molecule has 2 aromatic rings. The first-order valence-corrected chi connectivity index (χ1v) is 9.95. The summed E-state index contributed by atoms with van der Waals surface area (Å²) in [7, 11) is 0. The van der Waals surface area contributed by atoms with Gasteiger partial charge in [-0.3, -0.25) is 14.3 Å². The predicted molar refractivity (Wildman–Crippen MR) is 104 cm³/mol. The fraction of sp³-hybridized carbons (Fsp3) is 0.476. The molecule has 0 aliphatic carbocycles. The monoisotopic (exact) mass is 422 g/mol. The van der Waals surface area contributed by atoms with Gasteiger partial charge < -0.3 is 10.2 Å². The number of hydrogen-bond acceptors (Lipinski definition) is 3. The smallest absolute Gasteiger partial charge is 0.356 e. The van der Waals surface area contributed by atoms with Gasteiger partial charge in [0.1, 0.15) is 0 Å². The number of rotatable bonds is 6. The Labute approximate surface area is 173 Å². The molecule has 1 N–H and O–H groups in total. The van der Waals surface area contributed by atoms with Gasteiger partial charge >= 0.3 is 6.18 Å². The van der Waals surface area contributed by atoms with Gasteiger partial charge in [-0.15, -0.1) is 0 Å². The normalized spacial score (nSPS) is 16.3. The Bertz CT molecular complexity index is 842. The van der Waals surface area contributed by atoms with Gasteiger partial charge in [-0.25, -0.2) is 0 Å². The van der Waals surface area contributed by atoms with E-state index in [1.807, 2.05) is 23.9 Å². The Morgan fingerprint density at radius 1 is 1.20 bits per heavy atom. The molecule has 0 unspecified atom stereocenters. The van der Waals surface area contributed by atoms with E-state index in [2.05, 4.69) is 10.4 Å². The molecule has 9 heteroatoms. The molecule has 30 heavy (non-hydrogen) atoms. The molecule has 1 atom stereocenters. The molecule has 0 saturated carbocycles. The summed E-state index contributed by atoms with van der Waals surface area (Å²) in [5.41, 5.74) is -0.561. The number of nitrogens with one attached hydrogen (secondary N) is 1. The molecule has 2 amide bonds. The van der Waals surface area contributed by atoms with E-state index >= 15 is 0 Å². The molecule has 1 aliphatic rings. The predicted octanol–water partition coefficient (Wildman–Crippen LogP) is 3.21.